The molecule has 2 heterocycles. The summed E-state index contributed by atoms with van der Waals surface area (Å²) in [5.41, 5.74) is 0.999. The molecular weight excluding hydrogens is 224 g/mol. The van der Waals surface area contributed by atoms with E-state index in [1.54, 1.807) is 12.4 Å². The highest BCUT2D eigenvalue weighted by molar-refractivity contribution is 7.99. The molecule has 0 bridgehead atoms. The van der Waals surface area contributed by atoms with Crippen LogP contribution in [-0.2, 0) is 11.3 Å². The maximum absolute atomic E-state index is 11.6. The Morgan fingerprint density at radius 2 is 2.62 bits per heavy atom. The molecule has 1 amide bonds. The second kappa shape index (κ2) is 5.91. The molecule has 0 radical (unpaired) electrons. The third kappa shape index (κ3) is 3.53. The Bertz CT molecular complexity index is 322. The highest BCUT2D eigenvalue weighted by Gasteiger charge is 2.16. The summed E-state index contributed by atoms with van der Waals surface area (Å²) in [6.07, 6.45) is 4.06. The topological polar surface area (TPSA) is 69.8 Å². The lowest BCUT2D eigenvalue weighted by Gasteiger charge is -2.22. The second-order valence-corrected chi connectivity index (χ2v) is 4.96. The van der Waals surface area contributed by atoms with Crippen molar-refractivity contribution in [3.05, 3.63) is 18.0 Å². The molecule has 2 rings (SSSR count). The van der Waals surface area contributed by atoms with Crippen LogP contribution in [-0.4, -0.2) is 40.2 Å². The first-order chi connectivity index (χ1) is 7.84. The van der Waals surface area contributed by atoms with Crippen LogP contribution in [0, 0.1) is 0 Å². The van der Waals surface area contributed by atoms with Crippen molar-refractivity contribution in [2.24, 2.45) is 0 Å². The molecule has 1 aromatic rings. The van der Waals surface area contributed by atoms with Gasteiger partial charge in [-0.2, -0.15) is 16.9 Å². The number of amides is 1. The summed E-state index contributed by atoms with van der Waals surface area (Å²) in [5, 5.41) is 12.8. The Morgan fingerprint density at radius 3 is 3.31 bits per heavy atom. The van der Waals surface area contributed by atoms with E-state index >= 15 is 0 Å². The molecule has 1 aliphatic rings. The summed E-state index contributed by atoms with van der Waals surface area (Å²) in [6, 6.07) is 0.322. The molecule has 16 heavy (non-hydrogen) atoms. The predicted octanol–water partition coefficient (Wildman–Crippen LogP) is 0.121. The summed E-state index contributed by atoms with van der Waals surface area (Å²) in [6.45, 7) is 1.56. The lowest BCUT2D eigenvalue weighted by Crippen LogP contribution is -2.41. The van der Waals surface area contributed by atoms with Gasteiger partial charge in [-0.3, -0.25) is 9.89 Å². The van der Waals surface area contributed by atoms with Gasteiger partial charge in [-0.05, 0) is 0 Å². The van der Waals surface area contributed by atoms with E-state index in [4.69, 9.17) is 0 Å². The van der Waals surface area contributed by atoms with Crippen LogP contribution >= 0.6 is 11.8 Å². The van der Waals surface area contributed by atoms with E-state index in [1.807, 2.05) is 11.8 Å². The molecule has 0 spiro atoms. The number of hydrogen-bond donors (Lipinski definition) is 3. The number of nitrogens with zero attached hydrogens (tertiary/aromatic N) is 1. The number of aromatic nitrogens is 2. The zero-order valence-electron chi connectivity index (χ0n) is 9.03. The molecule has 1 aromatic heterocycles. The first kappa shape index (κ1) is 11.5. The van der Waals surface area contributed by atoms with Crippen molar-refractivity contribution < 1.29 is 4.79 Å². The Labute approximate surface area is 98.8 Å². The van der Waals surface area contributed by atoms with Crippen LogP contribution in [0.2, 0.25) is 0 Å². The lowest BCUT2D eigenvalue weighted by molar-refractivity contribution is -0.121. The van der Waals surface area contributed by atoms with Crippen molar-refractivity contribution in [2.75, 3.05) is 18.1 Å². The molecule has 0 saturated carbocycles. The minimum atomic E-state index is 0.0983. The monoisotopic (exact) mass is 240 g/mol. The average Bonchev–Trinajstić information content (AvgIpc) is 2.81. The van der Waals surface area contributed by atoms with Crippen molar-refractivity contribution in [1.82, 2.24) is 20.8 Å². The van der Waals surface area contributed by atoms with Gasteiger partial charge in [0.25, 0.3) is 0 Å². The fourth-order valence-electron chi connectivity index (χ4n) is 1.62. The van der Waals surface area contributed by atoms with Gasteiger partial charge >= 0.3 is 0 Å². The van der Waals surface area contributed by atoms with Crippen LogP contribution in [0.3, 0.4) is 0 Å². The van der Waals surface area contributed by atoms with E-state index in [0.29, 0.717) is 19.0 Å². The quantitative estimate of drug-likeness (QED) is 0.699. The highest BCUT2D eigenvalue weighted by Crippen LogP contribution is 2.09. The van der Waals surface area contributed by atoms with E-state index in [-0.39, 0.29) is 5.91 Å². The SMILES string of the molecule is O=C(CC1CSCCN1)NCc1cn[nH]c1. The molecular formula is C10H16N4OS. The summed E-state index contributed by atoms with van der Waals surface area (Å²) < 4.78 is 0. The van der Waals surface area contributed by atoms with Crippen molar-refractivity contribution in [3.8, 4) is 0 Å². The molecule has 88 valence electrons. The summed E-state index contributed by atoms with van der Waals surface area (Å²) >= 11 is 1.90. The van der Waals surface area contributed by atoms with Crippen molar-refractivity contribution in [1.29, 1.82) is 0 Å². The maximum atomic E-state index is 11.6. The lowest BCUT2D eigenvalue weighted by atomic mass is 10.2. The van der Waals surface area contributed by atoms with Gasteiger partial charge in [0.05, 0.1) is 6.20 Å². The Balaban J connectivity index is 1.67. The maximum Gasteiger partial charge on any atom is 0.221 e. The highest BCUT2D eigenvalue weighted by atomic mass is 32.2. The van der Waals surface area contributed by atoms with E-state index in [9.17, 15) is 4.79 Å². The van der Waals surface area contributed by atoms with Gasteiger partial charge in [-0.25, -0.2) is 0 Å². The fraction of sp³-hybridized carbons (Fsp3) is 0.600. The van der Waals surface area contributed by atoms with Gasteiger partial charge in [0, 0.05) is 48.8 Å². The van der Waals surface area contributed by atoms with Gasteiger partial charge in [0.1, 0.15) is 0 Å². The fourth-order valence-corrected chi connectivity index (χ4v) is 2.57. The smallest absolute Gasteiger partial charge is 0.221 e. The Kier molecular flexibility index (Phi) is 4.24. The standard InChI is InChI=1S/C10H16N4OS/c15-10(3-9-7-16-2-1-11-9)12-4-8-5-13-14-6-8/h5-6,9,11H,1-4,7H2,(H,12,15)(H,13,14). The number of rotatable bonds is 4. The van der Waals surface area contributed by atoms with E-state index in [2.05, 4.69) is 20.8 Å². The number of carbonyl (C=O) groups is 1. The second-order valence-electron chi connectivity index (χ2n) is 3.81. The minimum Gasteiger partial charge on any atom is -0.352 e. The van der Waals surface area contributed by atoms with E-state index < -0.39 is 0 Å². The van der Waals surface area contributed by atoms with Gasteiger partial charge in [0.15, 0.2) is 0 Å². The molecule has 0 aliphatic carbocycles. The minimum absolute atomic E-state index is 0.0983. The normalized spacial score (nSPS) is 20.6. The third-order valence-corrected chi connectivity index (χ3v) is 3.61. The summed E-state index contributed by atoms with van der Waals surface area (Å²) in [4.78, 5) is 11.6. The molecule has 1 unspecified atom stereocenters. The zero-order chi connectivity index (χ0) is 11.2. The number of H-pyrrole nitrogens is 1. The third-order valence-electron chi connectivity index (χ3n) is 2.47. The van der Waals surface area contributed by atoms with Crippen molar-refractivity contribution in [3.63, 3.8) is 0 Å². The van der Waals surface area contributed by atoms with Gasteiger partial charge in [0.2, 0.25) is 5.91 Å². The largest absolute Gasteiger partial charge is 0.352 e. The summed E-state index contributed by atoms with van der Waals surface area (Å²) in [5.74, 6) is 2.27. The molecule has 0 aromatic carbocycles. The Morgan fingerprint density at radius 1 is 1.69 bits per heavy atom. The number of thioether (sulfide) groups is 1. The molecule has 5 nitrogen and oxygen atoms in total. The van der Waals surface area contributed by atoms with Crippen LogP contribution in [0.5, 0.6) is 0 Å². The van der Waals surface area contributed by atoms with Gasteiger partial charge in [-0.15, -0.1) is 0 Å². The first-order valence-electron chi connectivity index (χ1n) is 5.40. The van der Waals surface area contributed by atoms with Crippen molar-refractivity contribution >= 4 is 17.7 Å². The average molecular weight is 240 g/mol. The number of aromatic amines is 1. The van der Waals surface area contributed by atoms with Crippen LogP contribution in [0.15, 0.2) is 12.4 Å². The molecule has 6 heteroatoms. The number of carbonyl (C=O) groups excluding carboxylic acids is 1. The molecule has 1 atom stereocenters. The zero-order valence-corrected chi connectivity index (χ0v) is 9.85. The Hall–Kier alpha value is -1.01. The first-order valence-corrected chi connectivity index (χ1v) is 6.55. The molecule has 1 aliphatic heterocycles. The van der Waals surface area contributed by atoms with Crippen LogP contribution in [0.1, 0.15) is 12.0 Å². The van der Waals surface area contributed by atoms with Crippen LogP contribution in [0.4, 0.5) is 0 Å². The van der Waals surface area contributed by atoms with Crippen LogP contribution in [0.25, 0.3) is 0 Å². The van der Waals surface area contributed by atoms with Crippen LogP contribution < -0.4 is 10.6 Å². The summed E-state index contributed by atoms with van der Waals surface area (Å²) in [7, 11) is 0. The van der Waals surface area contributed by atoms with Gasteiger partial charge in [-0.1, -0.05) is 0 Å². The number of hydrogen-bond acceptors (Lipinski definition) is 4. The number of nitrogens with one attached hydrogen (secondary N) is 3. The van der Waals surface area contributed by atoms with E-state index in [0.717, 1.165) is 23.6 Å². The van der Waals surface area contributed by atoms with E-state index in [1.165, 1.54) is 0 Å². The van der Waals surface area contributed by atoms with Gasteiger partial charge < -0.3 is 10.6 Å². The molecule has 1 fully saturated rings. The van der Waals surface area contributed by atoms with Crippen molar-refractivity contribution in [2.45, 2.75) is 19.0 Å². The molecule has 3 N–H and O–H groups in total. The molecule has 1 saturated heterocycles. The predicted molar refractivity (Wildman–Crippen MR) is 64.2 cm³/mol.